The molecule has 0 N–H and O–H groups in total. The van der Waals surface area contributed by atoms with Gasteiger partial charge in [-0.05, 0) is 26.2 Å². The lowest BCUT2D eigenvalue weighted by Gasteiger charge is -2.31. The molecular weight excluding hydrogens is 276 g/mol. The van der Waals surface area contributed by atoms with Gasteiger partial charge in [0.2, 0.25) is 0 Å². The van der Waals surface area contributed by atoms with Crippen LogP contribution in [-0.2, 0) is 28.5 Å². The van der Waals surface area contributed by atoms with Gasteiger partial charge in [-0.3, -0.25) is 4.79 Å². The molecule has 0 radical (unpaired) electrons. The fourth-order valence-corrected chi connectivity index (χ4v) is 2.49. The zero-order valence-electron chi connectivity index (χ0n) is 12.1. The summed E-state index contributed by atoms with van der Waals surface area (Å²) in [5, 5.41) is 0. The molecule has 0 aromatic rings. The van der Waals surface area contributed by atoms with E-state index in [0.29, 0.717) is 25.2 Å². The molecule has 3 unspecified atom stereocenters. The molecule has 2 saturated heterocycles. The Morgan fingerprint density at radius 1 is 1.24 bits per heavy atom. The second kappa shape index (κ2) is 5.77. The zero-order chi connectivity index (χ0) is 14.9. The standard InChI is InChI=1S/C15H20O6/c1-15(14(17)21-9-11-7-19-11)5-3-2-4-12(15)13(16)20-8-10-6-18-10/h4,10-11H,2-3,5-9H2,1H3. The maximum atomic E-state index is 12.4. The number of epoxide rings is 2. The van der Waals surface area contributed by atoms with Crippen molar-refractivity contribution >= 4 is 11.9 Å². The minimum absolute atomic E-state index is 0.0170. The lowest BCUT2D eigenvalue weighted by atomic mass is 9.74. The van der Waals surface area contributed by atoms with E-state index in [-0.39, 0.29) is 31.4 Å². The molecule has 0 amide bonds. The van der Waals surface area contributed by atoms with Gasteiger partial charge in [-0.15, -0.1) is 0 Å². The summed E-state index contributed by atoms with van der Waals surface area (Å²) in [5.41, 5.74) is -0.509. The minimum Gasteiger partial charge on any atom is -0.462 e. The quantitative estimate of drug-likeness (QED) is 0.537. The van der Waals surface area contributed by atoms with E-state index in [1.165, 1.54) is 0 Å². The molecule has 0 aromatic heterocycles. The molecule has 2 aliphatic heterocycles. The molecule has 2 fully saturated rings. The van der Waals surface area contributed by atoms with Crippen molar-refractivity contribution in [3.8, 4) is 0 Å². The highest BCUT2D eigenvalue weighted by Crippen LogP contribution is 2.39. The summed E-state index contributed by atoms with van der Waals surface area (Å²) in [5.74, 6) is -0.809. The van der Waals surface area contributed by atoms with Crippen LogP contribution in [-0.4, -0.2) is 50.6 Å². The van der Waals surface area contributed by atoms with Gasteiger partial charge in [-0.25, -0.2) is 4.79 Å². The minimum atomic E-state index is -0.922. The number of esters is 2. The van der Waals surface area contributed by atoms with Crippen LogP contribution in [0.5, 0.6) is 0 Å². The second-order valence-electron chi connectivity index (χ2n) is 5.95. The first kappa shape index (κ1) is 14.5. The predicted octanol–water partition coefficient (Wildman–Crippen LogP) is 0.987. The third-order valence-electron chi connectivity index (χ3n) is 4.10. The van der Waals surface area contributed by atoms with Gasteiger partial charge in [0.05, 0.1) is 24.2 Å². The van der Waals surface area contributed by atoms with Crippen molar-refractivity contribution < 1.29 is 28.5 Å². The molecule has 0 spiro atoms. The number of allylic oxidation sites excluding steroid dienone is 1. The monoisotopic (exact) mass is 296 g/mol. The molecule has 3 rings (SSSR count). The van der Waals surface area contributed by atoms with E-state index >= 15 is 0 Å². The molecule has 2 heterocycles. The number of hydrogen-bond donors (Lipinski definition) is 0. The lowest BCUT2D eigenvalue weighted by Crippen LogP contribution is -2.38. The van der Waals surface area contributed by atoms with Crippen LogP contribution >= 0.6 is 0 Å². The maximum Gasteiger partial charge on any atom is 0.334 e. The summed E-state index contributed by atoms with van der Waals surface area (Å²) in [6, 6.07) is 0. The second-order valence-corrected chi connectivity index (χ2v) is 5.95. The molecular formula is C15H20O6. The van der Waals surface area contributed by atoms with Gasteiger partial charge >= 0.3 is 11.9 Å². The van der Waals surface area contributed by atoms with E-state index < -0.39 is 11.4 Å². The molecule has 3 atom stereocenters. The van der Waals surface area contributed by atoms with Gasteiger partial charge in [-0.2, -0.15) is 0 Å². The summed E-state index contributed by atoms with van der Waals surface area (Å²) in [4.78, 5) is 24.6. The summed E-state index contributed by atoms with van der Waals surface area (Å²) >= 11 is 0. The average Bonchev–Trinajstić information content (AvgIpc) is 3.37. The maximum absolute atomic E-state index is 12.4. The smallest absolute Gasteiger partial charge is 0.334 e. The summed E-state index contributed by atoms with van der Waals surface area (Å²) in [6.45, 7) is 3.52. The van der Waals surface area contributed by atoms with Crippen molar-refractivity contribution in [2.45, 2.75) is 38.4 Å². The van der Waals surface area contributed by atoms with Crippen molar-refractivity contribution in [1.82, 2.24) is 0 Å². The average molecular weight is 296 g/mol. The van der Waals surface area contributed by atoms with Gasteiger partial charge < -0.3 is 18.9 Å². The number of carbonyl (C=O) groups excluding carboxylic acids is 2. The van der Waals surface area contributed by atoms with Crippen molar-refractivity contribution in [2.24, 2.45) is 5.41 Å². The van der Waals surface area contributed by atoms with Crippen LogP contribution in [0.2, 0.25) is 0 Å². The van der Waals surface area contributed by atoms with Crippen LogP contribution in [0.25, 0.3) is 0 Å². The molecule has 116 valence electrons. The number of ether oxygens (including phenoxy) is 4. The van der Waals surface area contributed by atoms with E-state index in [2.05, 4.69) is 0 Å². The molecule has 3 aliphatic rings. The lowest BCUT2D eigenvalue weighted by molar-refractivity contribution is -0.157. The number of hydrogen-bond acceptors (Lipinski definition) is 6. The molecule has 6 nitrogen and oxygen atoms in total. The van der Waals surface area contributed by atoms with Gasteiger partial charge in [0, 0.05) is 0 Å². The molecule has 0 bridgehead atoms. The largest absolute Gasteiger partial charge is 0.462 e. The normalized spacial score (nSPS) is 33.9. The van der Waals surface area contributed by atoms with Gasteiger partial charge in [-0.1, -0.05) is 6.08 Å². The Kier molecular flexibility index (Phi) is 3.99. The summed E-state index contributed by atoms with van der Waals surface area (Å²) < 4.78 is 20.6. The van der Waals surface area contributed by atoms with E-state index in [9.17, 15) is 9.59 Å². The SMILES string of the molecule is CC1(C(=O)OCC2CO2)CCCC=C1C(=O)OCC1CO1. The number of carbonyl (C=O) groups is 2. The van der Waals surface area contributed by atoms with Crippen molar-refractivity contribution in [1.29, 1.82) is 0 Å². The third kappa shape index (κ3) is 3.44. The van der Waals surface area contributed by atoms with Gasteiger partial charge in [0.25, 0.3) is 0 Å². The molecule has 0 aromatic carbocycles. The topological polar surface area (TPSA) is 77.7 Å². The van der Waals surface area contributed by atoms with Crippen LogP contribution < -0.4 is 0 Å². The van der Waals surface area contributed by atoms with Crippen molar-refractivity contribution in [3.05, 3.63) is 11.6 Å². The number of rotatable bonds is 6. The fraction of sp³-hybridized carbons (Fsp3) is 0.733. The Balaban J connectivity index is 1.63. The Morgan fingerprint density at radius 3 is 2.48 bits per heavy atom. The third-order valence-corrected chi connectivity index (χ3v) is 4.10. The highest BCUT2D eigenvalue weighted by Gasteiger charge is 2.44. The van der Waals surface area contributed by atoms with Crippen LogP contribution in [0.1, 0.15) is 26.2 Å². The molecule has 21 heavy (non-hydrogen) atoms. The van der Waals surface area contributed by atoms with E-state index in [0.717, 1.165) is 12.8 Å². The molecule has 0 saturated carbocycles. The first-order chi connectivity index (χ1) is 10.1. The van der Waals surface area contributed by atoms with Crippen LogP contribution in [0.4, 0.5) is 0 Å². The van der Waals surface area contributed by atoms with Crippen LogP contribution in [0.3, 0.4) is 0 Å². The molecule has 1 aliphatic carbocycles. The highest BCUT2D eigenvalue weighted by molar-refractivity contribution is 5.98. The highest BCUT2D eigenvalue weighted by atomic mass is 16.6. The Labute approximate surface area is 123 Å². The Bertz CT molecular complexity index is 463. The molecule has 6 heteroatoms. The van der Waals surface area contributed by atoms with Crippen LogP contribution in [0.15, 0.2) is 11.6 Å². The van der Waals surface area contributed by atoms with Crippen molar-refractivity contribution in [2.75, 3.05) is 26.4 Å². The first-order valence-corrected chi connectivity index (χ1v) is 7.38. The first-order valence-electron chi connectivity index (χ1n) is 7.38. The van der Waals surface area contributed by atoms with Gasteiger partial charge in [0.1, 0.15) is 25.4 Å². The van der Waals surface area contributed by atoms with E-state index in [1.807, 2.05) is 0 Å². The van der Waals surface area contributed by atoms with Gasteiger partial charge in [0.15, 0.2) is 0 Å². The summed E-state index contributed by atoms with van der Waals surface area (Å²) in [7, 11) is 0. The summed E-state index contributed by atoms with van der Waals surface area (Å²) in [6.07, 6.45) is 4.07. The van der Waals surface area contributed by atoms with E-state index in [1.54, 1.807) is 13.0 Å². The van der Waals surface area contributed by atoms with E-state index in [4.69, 9.17) is 18.9 Å². The Hall–Kier alpha value is -1.40. The predicted molar refractivity (Wildman–Crippen MR) is 71.4 cm³/mol. The Morgan fingerprint density at radius 2 is 1.86 bits per heavy atom. The fourth-order valence-electron chi connectivity index (χ4n) is 2.49. The van der Waals surface area contributed by atoms with Crippen LogP contribution in [0, 0.1) is 5.41 Å². The van der Waals surface area contributed by atoms with Crippen molar-refractivity contribution in [3.63, 3.8) is 0 Å². The zero-order valence-corrected chi connectivity index (χ0v) is 12.1.